The molecule has 1 rings (SSSR count). The van der Waals surface area contributed by atoms with Gasteiger partial charge in [0.2, 0.25) is 0 Å². The van der Waals surface area contributed by atoms with Gasteiger partial charge in [0, 0.05) is 7.11 Å². The predicted molar refractivity (Wildman–Crippen MR) is 61.7 cm³/mol. The average molecular weight is 258 g/mol. The molecule has 6 heteroatoms. The number of carbonyl (C=O) groups is 1. The van der Waals surface area contributed by atoms with E-state index in [-0.39, 0.29) is 11.5 Å². The van der Waals surface area contributed by atoms with Crippen LogP contribution in [0.5, 0.6) is 0 Å². The first-order valence-electron chi connectivity index (χ1n) is 4.92. The van der Waals surface area contributed by atoms with Gasteiger partial charge in [-0.3, -0.25) is 4.79 Å². The van der Waals surface area contributed by atoms with Gasteiger partial charge in [0.1, 0.15) is 0 Å². The summed E-state index contributed by atoms with van der Waals surface area (Å²) >= 11 is 0. The van der Waals surface area contributed by atoms with Crippen molar-refractivity contribution in [2.24, 2.45) is 0 Å². The van der Waals surface area contributed by atoms with Crippen LogP contribution in [-0.2, 0) is 19.4 Å². The molecule has 0 radical (unpaired) electrons. The zero-order valence-corrected chi connectivity index (χ0v) is 10.4. The summed E-state index contributed by atoms with van der Waals surface area (Å²) in [7, 11) is -2.64. The highest BCUT2D eigenvalue weighted by Gasteiger charge is 2.33. The number of methoxy groups -OCH3 is 1. The van der Waals surface area contributed by atoms with E-state index in [0.717, 1.165) is 5.56 Å². The molecule has 0 aromatic heterocycles. The van der Waals surface area contributed by atoms with Crippen molar-refractivity contribution in [1.82, 2.24) is 0 Å². The van der Waals surface area contributed by atoms with Gasteiger partial charge in [0.25, 0.3) is 0 Å². The van der Waals surface area contributed by atoms with Crippen LogP contribution in [0.4, 0.5) is 0 Å². The van der Waals surface area contributed by atoms with Crippen molar-refractivity contribution in [2.45, 2.75) is 17.1 Å². The summed E-state index contributed by atoms with van der Waals surface area (Å²) < 4.78 is 28.8. The lowest BCUT2D eigenvalue weighted by atomic mass is 10.2. The number of ether oxygens (including phenoxy) is 1. The Morgan fingerprint density at radius 2 is 2.12 bits per heavy atom. The summed E-state index contributed by atoms with van der Waals surface area (Å²) in [4.78, 5) is 10.9. The third-order valence-electron chi connectivity index (χ3n) is 2.29. The summed E-state index contributed by atoms with van der Waals surface area (Å²) in [5.74, 6) is -1.41. The van der Waals surface area contributed by atoms with Crippen molar-refractivity contribution >= 4 is 15.8 Å². The summed E-state index contributed by atoms with van der Waals surface area (Å²) in [5, 5.41) is 7.34. The number of hydrogen-bond donors (Lipinski definition) is 1. The Morgan fingerprint density at radius 3 is 2.59 bits per heavy atom. The van der Waals surface area contributed by atoms with Crippen LogP contribution < -0.4 is 0 Å². The minimum absolute atomic E-state index is 0.00181. The Bertz CT molecular complexity index is 506. The van der Waals surface area contributed by atoms with Gasteiger partial charge in [-0.2, -0.15) is 0 Å². The average Bonchev–Trinajstić information content (AvgIpc) is 2.25. The monoisotopic (exact) mass is 258 g/mol. The van der Waals surface area contributed by atoms with Gasteiger partial charge >= 0.3 is 5.97 Å². The van der Waals surface area contributed by atoms with Crippen LogP contribution in [0.3, 0.4) is 0 Å². The van der Waals surface area contributed by atoms with Crippen LogP contribution in [0.2, 0.25) is 0 Å². The smallest absolute Gasteiger partial charge is 0.324 e. The van der Waals surface area contributed by atoms with Crippen molar-refractivity contribution in [1.29, 1.82) is 0 Å². The van der Waals surface area contributed by atoms with E-state index >= 15 is 0 Å². The molecule has 0 spiro atoms. The third-order valence-corrected chi connectivity index (χ3v) is 4.28. The fourth-order valence-corrected chi connectivity index (χ4v) is 2.93. The van der Waals surface area contributed by atoms with Crippen molar-refractivity contribution in [2.75, 3.05) is 13.7 Å². The fourth-order valence-electron chi connectivity index (χ4n) is 1.40. The molecular formula is C11H14O5S. The molecule has 1 N–H and O–H groups in total. The van der Waals surface area contributed by atoms with Crippen molar-refractivity contribution in [3.8, 4) is 0 Å². The molecule has 17 heavy (non-hydrogen) atoms. The Balaban J connectivity index is 3.21. The first-order valence-corrected chi connectivity index (χ1v) is 6.46. The maximum atomic E-state index is 12.1. The number of hydrogen-bond acceptors (Lipinski definition) is 4. The maximum absolute atomic E-state index is 12.1. The molecule has 0 saturated heterocycles. The zero-order chi connectivity index (χ0) is 13.1. The van der Waals surface area contributed by atoms with Gasteiger partial charge < -0.3 is 9.84 Å². The van der Waals surface area contributed by atoms with Crippen LogP contribution in [0.15, 0.2) is 29.2 Å². The quantitative estimate of drug-likeness (QED) is 0.847. The molecule has 0 amide bonds. The Hall–Kier alpha value is -1.40. The van der Waals surface area contributed by atoms with Gasteiger partial charge in [-0.15, -0.1) is 0 Å². The second-order valence-electron chi connectivity index (χ2n) is 3.64. The summed E-state index contributed by atoms with van der Waals surface area (Å²) in [6.45, 7) is 1.37. The van der Waals surface area contributed by atoms with Gasteiger partial charge in [0.15, 0.2) is 15.1 Å². The molecule has 0 saturated carbocycles. The standard InChI is InChI=1S/C11H14O5S/c1-8-4-3-5-9(6-8)17(14,15)10(7-16-2)11(12)13/h3-6,10H,7H2,1-2H3,(H,12,13). The normalized spacial score (nSPS) is 13.3. The minimum atomic E-state index is -3.91. The predicted octanol–water partition coefficient (Wildman–Crippen LogP) is 0.868. The molecule has 0 aliphatic carbocycles. The first kappa shape index (κ1) is 13.7. The highest BCUT2D eigenvalue weighted by Crippen LogP contribution is 2.18. The van der Waals surface area contributed by atoms with Crippen LogP contribution in [-0.4, -0.2) is 38.5 Å². The minimum Gasteiger partial charge on any atom is -0.480 e. The fraction of sp³-hybridized carbons (Fsp3) is 0.364. The molecule has 0 bridgehead atoms. The lowest BCUT2D eigenvalue weighted by Gasteiger charge is -2.12. The van der Waals surface area contributed by atoms with E-state index in [1.54, 1.807) is 19.1 Å². The van der Waals surface area contributed by atoms with E-state index in [1.165, 1.54) is 19.2 Å². The molecule has 94 valence electrons. The molecule has 1 atom stereocenters. The van der Waals surface area contributed by atoms with Gasteiger partial charge in [-0.05, 0) is 24.6 Å². The van der Waals surface area contributed by atoms with Crippen molar-refractivity contribution < 1.29 is 23.1 Å². The second kappa shape index (κ2) is 5.29. The Labute approximate surface area is 100.0 Å². The highest BCUT2D eigenvalue weighted by atomic mass is 32.2. The molecule has 5 nitrogen and oxygen atoms in total. The molecule has 1 unspecified atom stereocenters. The molecule has 0 aliphatic rings. The number of aliphatic carboxylic acids is 1. The molecule has 0 fully saturated rings. The van der Waals surface area contributed by atoms with E-state index in [0.29, 0.717) is 0 Å². The van der Waals surface area contributed by atoms with E-state index in [1.807, 2.05) is 0 Å². The van der Waals surface area contributed by atoms with Crippen LogP contribution in [0.25, 0.3) is 0 Å². The van der Waals surface area contributed by atoms with E-state index in [2.05, 4.69) is 4.74 Å². The first-order chi connectivity index (χ1) is 7.89. The largest absolute Gasteiger partial charge is 0.480 e. The SMILES string of the molecule is COCC(C(=O)O)S(=O)(=O)c1cccc(C)c1. The topological polar surface area (TPSA) is 80.7 Å². The summed E-state index contributed by atoms with van der Waals surface area (Å²) in [5.41, 5.74) is 0.757. The van der Waals surface area contributed by atoms with Crippen molar-refractivity contribution in [3.05, 3.63) is 29.8 Å². The lowest BCUT2D eigenvalue weighted by molar-refractivity contribution is -0.137. The van der Waals surface area contributed by atoms with Gasteiger partial charge in [-0.25, -0.2) is 8.42 Å². The van der Waals surface area contributed by atoms with Gasteiger partial charge in [-0.1, -0.05) is 12.1 Å². The summed E-state index contributed by atoms with van der Waals surface area (Å²) in [6.07, 6.45) is 0. The maximum Gasteiger partial charge on any atom is 0.324 e. The van der Waals surface area contributed by atoms with E-state index in [4.69, 9.17) is 5.11 Å². The number of aryl methyl sites for hydroxylation is 1. The molecule has 1 aromatic carbocycles. The van der Waals surface area contributed by atoms with E-state index < -0.39 is 21.1 Å². The van der Waals surface area contributed by atoms with Crippen LogP contribution >= 0.6 is 0 Å². The number of sulfone groups is 1. The number of carboxylic acids is 1. The number of rotatable bonds is 5. The number of carboxylic acid groups (broad SMARTS) is 1. The Morgan fingerprint density at radius 1 is 1.47 bits per heavy atom. The number of benzene rings is 1. The second-order valence-corrected chi connectivity index (χ2v) is 5.77. The third kappa shape index (κ3) is 3.04. The lowest BCUT2D eigenvalue weighted by Crippen LogP contribution is -2.34. The molecular weight excluding hydrogens is 244 g/mol. The molecule has 0 heterocycles. The van der Waals surface area contributed by atoms with Crippen molar-refractivity contribution in [3.63, 3.8) is 0 Å². The molecule has 0 aliphatic heterocycles. The van der Waals surface area contributed by atoms with E-state index in [9.17, 15) is 13.2 Å². The van der Waals surface area contributed by atoms with Crippen LogP contribution in [0, 0.1) is 6.92 Å². The highest BCUT2D eigenvalue weighted by molar-refractivity contribution is 7.92. The zero-order valence-electron chi connectivity index (χ0n) is 9.58. The molecule has 1 aromatic rings. The van der Waals surface area contributed by atoms with Crippen LogP contribution in [0.1, 0.15) is 5.56 Å². The summed E-state index contributed by atoms with van der Waals surface area (Å²) in [6, 6.07) is 6.15. The Kier molecular flexibility index (Phi) is 4.25. The van der Waals surface area contributed by atoms with Gasteiger partial charge in [0.05, 0.1) is 11.5 Å².